The topological polar surface area (TPSA) is 0 Å². The van der Waals surface area contributed by atoms with Crippen LogP contribution in [0.5, 0.6) is 0 Å². The van der Waals surface area contributed by atoms with E-state index in [-0.39, 0.29) is 0 Å². The van der Waals surface area contributed by atoms with Crippen molar-refractivity contribution in [3.8, 4) is 0 Å². The highest BCUT2D eigenvalue weighted by molar-refractivity contribution is 6.90. The maximum Gasteiger partial charge on any atom is 0.0843 e. The molecular weight excluding hydrogens is 184 g/mol. The first-order valence-electron chi connectivity index (χ1n) is 5.37. The van der Waals surface area contributed by atoms with Crippen molar-refractivity contribution in [2.75, 3.05) is 0 Å². The number of hydrogen-bond acceptors (Lipinski definition) is 0. The van der Waals surface area contributed by atoms with Gasteiger partial charge in [-0.25, -0.2) is 0 Å². The van der Waals surface area contributed by atoms with E-state index in [0.717, 1.165) is 6.42 Å². The van der Waals surface area contributed by atoms with E-state index in [1.807, 2.05) is 0 Å². The van der Waals surface area contributed by atoms with Crippen molar-refractivity contribution in [1.82, 2.24) is 0 Å². The number of hydrogen-bond donors (Lipinski definition) is 0. The van der Waals surface area contributed by atoms with E-state index in [2.05, 4.69) is 62.5 Å². The molecule has 0 unspecified atom stereocenters. The number of allylic oxidation sites excluding steroid dienone is 2. The molecule has 1 heteroatoms. The van der Waals surface area contributed by atoms with Crippen LogP contribution in [-0.4, -0.2) is 8.07 Å². The summed E-state index contributed by atoms with van der Waals surface area (Å²) in [5, 5.41) is 1.56. The van der Waals surface area contributed by atoms with Gasteiger partial charge in [0.2, 0.25) is 0 Å². The van der Waals surface area contributed by atoms with Crippen molar-refractivity contribution < 1.29 is 0 Å². The summed E-state index contributed by atoms with van der Waals surface area (Å²) in [4.78, 5) is 0. The second-order valence-corrected chi connectivity index (χ2v) is 9.09. The molecule has 14 heavy (non-hydrogen) atoms. The van der Waals surface area contributed by atoms with Gasteiger partial charge in [0.25, 0.3) is 0 Å². The maximum atomic E-state index is 2.43. The Hall–Kier alpha value is -0.823. The maximum absolute atomic E-state index is 2.43. The zero-order chi connectivity index (χ0) is 10.4. The van der Waals surface area contributed by atoms with E-state index in [9.17, 15) is 0 Å². The molecule has 0 amide bonds. The van der Waals surface area contributed by atoms with Crippen LogP contribution in [0.15, 0.2) is 42.5 Å². The quantitative estimate of drug-likeness (QED) is 0.519. The Morgan fingerprint density at radius 3 is 2.29 bits per heavy atom. The average Bonchev–Trinajstić information content (AvgIpc) is 2.19. The lowest BCUT2D eigenvalue weighted by Crippen LogP contribution is -2.40. The molecule has 0 N–H and O–H groups in total. The summed E-state index contributed by atoms with van der Waals surface area (Å²) in [7, 11) is -1.20. The van der Waals surface area contributed by atoms with Gasteiger partial charge < -0.3 is 0 Å². The Bertz CT molecular complexity index is 285. The highest BCUT2D eigenvalue weighted by atomic mass is 28.3. The van der Waals surface area contributed by atoms with Crippen LogP contribution in [0.3, 0.4) is 0 Å². The summed E-state index contributed by atoms with van der Waals surface area (Å²) in [5.74, 6) is 0. The Morgan fingerprint density at radius 1 is 1.07 bits per heavy atom. The molecule has 0 nitrogen and oxygen atoms in total. The normalized spacial score (nSPS) is 12.2. The molecule has 0 aromatic heterocycles. The Kier molecular flexibility index (Phi) is 4.14. The second-order valence-electron chi connectivity index (χ2n) is 4.33. The van der Waals surface area contributed by atoms with Gasteiger partial charge >= 0.3 is 0 Å². The molecule has 1 aromatic carbocycles. The van der Waals surface area contributed by atoms with E-state index < -0.39 is 8.07 Å². The summed E-state index contributed by atoms with van der Waals surface area (Å²) in [6.07, 6.45) is 5.77. The summed E-state index contributed by atoms with van der Waals surface area (Å²) < 4.78 is 0. The van der Waals surface area contributed by atoms with Crippen LogP contribution in [0.25, 0.3) is 0 Å². The Labute approximate surface area is 88.7 Å². The summed E-state index contributed by atoms with van der Waals surface area (Å²) in [6, 6.07) is 12.2. The smallest absolute Gasteiger partial charge is 0.0843 e. The molecular formula is C13H20Si. The molecule has 0 saturated heterocycles. The van der Waals surface area contributed by atoms with Gasteiger partial charge in [-0.2, -0.15) is 0 Å². The van der Waals surface area contributed by atoms with Crippen molar-refractivity contribution in [3.63, 3.8) is 0 Å². The third-order valence-corrected chi connectivity index (χ3v) is 5.74. The zero-order valence-electron chi connectivity index (χ0n) is 9.46. The Morgan fingerprint density at radius 2 is 1.71 bits per heavy atom. The number of benzene rings is 1. The van der Waals surface area contributed by atoms with E-state index in [1.165, 1.54) is 6.04 Å². The minimum Gasteiger partial charge on any atom is -0.0909 e. The van der Waals surface area contributed by atoms with Crippen LogP contribution < -0.4 is 5.19 Å². The molecule has 0 saturated carbocycles. The Balaban J connectivity index is 2.70. The molecule has 0 aliphatic carbocycles. The van der Waals surface area contributed by atoms with Crippen molar-refractivity contribution in [1.29, 1.82) is 0 Å². The van der Waals surface area contributed by atoms with E-state index in [1.54, 1.807) is 5.19 Å². The standard InChI is InChI=1S/C13H20Si/c1-4-5-9-12-14(2,3)13-10-7-6-8-11-13/h5-11H,4,12H2,1-3H3/b9-5-. The predicted molar refractivity (Wildman–Crippen MR) is 67.8 cm³/mol. The highest BCUT2D eigenvalue weighted by Crippen LogP contribution is 2.10. The van der Waals surface area contributed by atoms with Crippen LogP contribution in [0.1, 0.15) is 13.3 Å². The lowest BCUT2D eigenvalue weighted by atomic mass is 10.4. The molecule has 1 aromatic rings. The minimum atomic E-state index is -1.20. The summed E-state index contributed by atoms with van der Waals surface area (Å²) >= 11 is 0. The first-order valence-corrected chi connectivity index (χ1v) is 8.58. The molecule has 1 rings (SSSR count). The van der Waals surface area contributed by atoms with Gasteiger partial charge in [-0.3, -0.25) is 0 Å². The van der Waals surface area contributed by atoms with Gasteiger partial charge in [0.05, 0.1) is 8.07 Å². The molecule has 0 atom stereocenters. The molecule has 0 aliphatic rings. The summed E-state index contributed by atoms with van der Waals surface area (Å²) in [6.45, 7) is 7.05. The fraction of sp³-hybridized carbons (Fsp3) is 0.385. The van der Waals surface area contributed by atoms with E-state index >= 15 is 0 Å². The van der Waals surface area contributed by atoms with Gasteiger partial charge in [0, 0.05) is 0 Å². The van der Waals surface area contributed by atoms with Gasteiger partial charge in [0.15, 0.2) is 0 Å². The fourth-order valence-electron chi connectivity index (χ4n) is 1.55. The van der Waals surface area contributed by atoms with Crippen molar-refractivity contribution in [2.45, 2.75) is 32.5 Å². The molecule has 76 valence electrons. The van der Waals surface area contributed by atoms with Crippen molar-refractivity contribution >= 4 is 13.3 Å². The molecule has 0 spiro atoms. The second kappa shape index (κ2) is 5.16. The lowest BCUT2D eigenvalue weighted by molar-refractivity contribution is 1.21. The first-order chi connectivity index (χ1) is 6.67. The van der Waals surface area contributed by atoms with E-state index in [0.29, 0.717) is 0 Å². The fourth-order valence-corrected chi connectivity index (χ4v) is 3.64. The van der Waals surface area contributed by atoms with Crippen LogP contribution in [0.4, 0.5) is 0 Å². The largest absolute Gasteiger partial charge is 0.0909 e. The van der Waals surface area contributed by atoms with Gasteiger partial charge in [-0.15, -0.1) is 0 Å². The third kappa shape index (κ3) is 3.15. The van der Waals surface area contributed by atoms with Gasteiger partial charge in [0.1, 0.15) is 0 Å². The molecule has 0 radical (unpaired) electrons. The van der Waals surface area contributed by atoms with Crippen LogP contribution in [0, 0.1) is 0 Å². The molecule has 0 fully saturated rings. The lowest BCUT2D eigenvalue weighted by Gasteiger charge is -2.20. The predicted octanol–water partition coefficient (Wildman–Crippen LogP) is 3.57. The SMILES string of the molecule is CC/C=C\C[Si](C)(C)c1ccccc1. The highest BCUT2D eigenvalue weighted by Gasteiger charge is 2.20. The van der Waals surface area contributed by atoms with Crippen LogP contribution >= 0.6 is 0 Å². The monoisotopic (exact) mass is 204 g/mol. The van der Waals surface area contributed by atoms with Gasteiger partial charge in [-0.1, -0.05) is 67.7 Å². The van der Waals surface area contributed by atoms with Crippen LogP contribution in [-0.2, 0) is 0 Å². The summed E-state index contributed by atoms with van der Waals surface area (Å²) in [5.41, 5.74) is 0. The number of rotatable bonds is 4. The average molecular weight is 204 g/mol. The molecule has 0 aliphatic heterocycles. The van der Waals surface area contributed by atoms with Gasteiger partial charge in [-0.05, 0) is 12.5 Å². The molecule has 0 bridgehead atoms. The van der Waals surface area contributed by atoms with E-state index in [4.69, 9.17) is 0 Å². The zero-order valence-corrected chi connectivity index (χ0v) is 10.5. The first kappa shape index (κ1) is 11.3. The van der Waals surface area contributed by atoms with Crippen LogP contribution in [0.2, 0.25) is 19.1 Å². The third-order valence-electron chi connectivity index (χ3n) is 2.59. The van der Waals surface area contributed by atoms with Crippen molar-refractivity contribution in [2.24, 2.45) is 0 Å². The molecule has 0 heterocycles. The van der Waals surface area contributed by atoms with Crippen molar-refractivity contribution in [3.05, 3.63) is 42.5 Å². The minimum absolute atomic E-state index is 1.15.